The molecule has 0 aliphatic heterocycles. The molecule has 2 aromatic heterocycles. The monoisotopic (exact) mass is 496 g/mol. The van der Waals surface area contributed by atoms with Gasteiger partial charge in [-0.3, -0.25) is 14.6 Å². The number of aliphatic hydroxyl groups is 2. The number of carbonyl (C=O) groups excluding carboxylic acids is 2. The van der Waals surface area contributed by atoms with Crippen molar-refractivity contribution in [1.82, 2.24) is 15.3 Å². The van der Waals surface area contributed by atoms with Gasteiger partial charge in [0.2, 0.25) is 5.91 Å². The van der Waals surface area contributed by atoms with E-state index in [0.29, 0.717) is 36.2 Å². The Labute approximate surface area is 208 Å². The summed E-state index contributed by atoms with van der Waals surface area (Å²) >= 11 is 1.51. The van der Waals surface area contributed by atoms with E-state index >= 15 is 0 Å². The molecular weight excluding hydrogens is 464 g/mol. The highest BCUT2D eigenvalue weighted by atomic mass is 32.1. The van der Waals surface area contributed by atoms with Crippen LogP contribution in [0.4, 0.5) is 0 Å². The first-order valence-electron chi connectivity index (χ1n) is 12.0. The number of nitrogens with two attached hydrogens (primary N) is 1. The minimum atomic E-state index is -1.25. The van der Waals surface area contributed by atoms with E-state index in [1.54, 1.807) is 6.07 Å². The van der Waals surface area contributed by atoms with Gasteiger partial charge in [0.1, 0.15) is 5.69 Å². The average Bonchev–Trinajstić information content (AvgIpc) is 3.36. The first-order chi connectivity index (χ1) is 16.7. The number of aromatic nitrogens is 2. The van der Waals surface area contributed by atoms with E-state index in [4.69, 9.17) is 5.73 Å². The highest BCUT2D eigenvalue weighted by Crippen LogP contribution is 2.39. The molecule has 0 saturated heterocycles. The summed E-state index contributed by atoms with van der Waals surface area (Å²) in [5, 5.41) is 27.3. The lowest BCUT2D eigenvalue weighted by molar-refractivity contribution is -0.138. The maximum Gasteiger partial charge on any atom is 0.271 e. The molecule has 4 rings (SSSR count). The minimum Gasteiger partial charge on any atom is -0.391 e. The molecule has 1 saturated carbocycles. The topological polar surface area (TPSA) is 138 Å². The molecule has 3 unspecified atom stereocenters. The summed E-state index contributed by atoms with van der Waals surface area (Å²) in [5.74, 6) is -1.54. The van der Waals surface area contributed by atoms with Crippen LogP contribution in [0.1, 0.15) is 54.4 Å². The molecule has 1 aliphatic carbocycles. The van der Waals surface area contributed by atoms with E-state index in [1.807, 2.05) is 35.7 Å². The Balaban J connectivity index is 1.53. The number of thiophene rings is 1. The van der Waals surface area contributed by atoms with Crippen molar-refractivity contribution in [2.75, 3.05) is 0 Å². The number of amides is 2. The van der Waals surface area contributed by atoms with Gasteiger partial charge in [-0.1, -0.05) is 25.1 Å². The predicted molar refractivity (Wildman–Crippen MR) is 135 cm³/mol. The molecule has 186 valence electrons. The van der Waals surface area contributed by atoms with E-state index in [1.165, 1.54) is 17.5 Å². The molecule has 3 aromatic rings. The van der Waals surface area contributed by atoms with Gasteiger partial charge in [-0.25, -0.2) is 4.98 Å². The maximum absolute atomic E-state index is 13.1. The van der Waals surface area contributed by atoms with Crippen molar-refractivity contribution in [3.8, 4) is 0 Å². The molecule has 0 bridgehead atoms. The Kier molecular flexibility index (Phi) is 7.78. The van der Waals surface area contributed by atoms with Crippen LogP contribution in [0.3, 0.4) is 0 Å². The zero-order chi connectivity index (χ0) is 25.0. The van der Waals surface area contributed by atoms with E-state index in [0.717, 1.165) is 17.7 Å². The molecule has 9 heteroatoms. The van der Waals surface area contributed by atoms with Crippen molar-refractivity contribution in [2.24, 2.45) is 17.6 Å². The quantitative estimate of drug-likeness (QED) is 0.359. The number of carbonyl (C=O) groups is 2. The fourth-order valence-electron chi connectivity index (χ4n) is 4.85. The van der Waals surface area contributed by atoms with E-state index in [-0.39, 0.29) is 12.1 Å². The molecule has 3 atom stereocenters. The first-order valence-corrected chi connectivity index (χ1v) is 12.9. The number of nitrogens with one attached hydrogen (secondary N) is 1. The largest absolute Gasteiger partial charge is 0.391 e. The fraction of sp³-hybridized carbons (Fsp3) is 0.462. The van der Waals surface area contributed by atoms with Crippen molar-refractivity contribution < 1.29 is 19.8 Å². The summed E-state index contributed by atoms with van der Waals surface area (Å²) < 4.78 is 0. The summed E-state index contributed by atoms with van der Waals surface area (Å²) in [4.78, 5) is 35.1. The third-order valence-electron chi connectivity index (χ3n) is 7.07. The van der Waals surface area contributed by atoms with Gasteiger partial charge in [0.25, 0.3) is 5.91 Å². The van der Waals surface area contributed by atoms with E-state index in [9.17, 15) is 19.8 Å². The normalized spacial score (nSPS) is 22.9. The molecule has 5 N–H and O–H groups in total. The zero-order valence-electron chi connectivity index (χ0n) is 19.8. The zero-order valence-corrected chi connectivity index (χ0v) is 20.6. The van der Waals surface area contributed by atoms with Gasteiger partial charge in [0.05, 0.1) is 40.9 Å². The number of nitrogens with zero attached hydrogens (tertiary/aromatic N) is 2. The smallest absolute Gasteiger partial charge is 0.271 e. The number of hydrogen-bond donors (Lipinski definition) is 4. The highest BCUT2D eigenvalue weighted by Gasteiger charge is 2.44. The molecule has 1 aliphatic rings. The minimum absolute atomic E-state index is 0.0417. The molecule has 1 fully saturated rings. The molecule has 2 amide bonds. The molecule has 0 radical (unpaired) electrons. The van der Waals surface area contributed by atoms with Crippen LogP contribution in [0.5, 0.6) is 0 Å². The number of para-hydroxylation sites is 2. The van der Waals surface area contributed by atoms with Crippen LogP contribution < -0.4 is 11.1 Å². The molecule has 35 heavy (non-hydrogen) atoms. The van der Waals surface area contributed by atoms with Crippen LogP contribution in [-0.2, 0) is 11.2 Å². The van der Waals surface area contributed by atoms with Crippen molar-refractivity contribution >= 4 is 34.2 Å². The van der Waals surface area contributed by atoms with Crippen LogP contribution in [-0.4, -0.2) is 49.7 Å². The molecule has 1 aromatic carbocycles. The maximum atomic E-state index is 13.1. The summed E-state index contributed by atoms with van der Waals surface area (Å²) in [6.45, 7) is 2.12. The van der Waals surface area contributed by atoms with Crippen LogP contribution >= 0.6 is 11.3 Å². The van der Waals surface area contributed by atoms with Crippen LogP contribution in [0, 0.1) is 11.8 Å². The average molecular weight is 497 g/mol. The first kappa shape index (κ1) is 25.2. The van der Waals surface area contributed by atoms with Gasteiger partial charge in [0.15, 0.2) is 0 Å². The van der Waals surface area contributed by atoms with Crippen molar-refractivity contribution in [2.45, 2.75) is 63.2 Å². The Hall–Kier alpha value is -2.88. The lowest BCUT2D eigenvalue weighted by Crippen LogP contribution is -2.52. The highest BCUT2D eigenvalue weighted by molar-refractivity contribution is 7.09. The van der Waals surface area contributed by atoms with Gasteiger partial charge >= 0.3 is 0 Å². The fourth-order valence-corrected chi connectivity index (χ4v) is 5.62. The molecule has 0 spiro atoms. The summed E-state index contributed by atoms with van der Waals surface area (Å²) in [6, 6.07) is 10.4. The molecule has 2 heterocycles. The lowest BCUT2D eigenvalue weighted by Gasteiger charge is -2.41. The van der Waals surface area contributed by atoms with Crippen LogP contribution in [0.2, 0.25) is 0 Å². The van der Waals surface area contributed by atoms with Gasteiger partial charge in [-0.05, 0) is 61.6 Å². The lowest BCUT2D eigenvalue weighted by atomic mass is 9.70. The van der Waals surface area contributed by atoms with Gasteiger partial charge in [0, 0.05) is 11.3 Å². The molecular formula is C26H32N4O4S. The number of benzene rings is 1. The van der Waals surface area contributed by atoms with Gasteiger partial charge in [-0.2, -0.15) is 0 Å². The van der Waals surface area contributed by atoms with Crippen molar-refractivity contribution in [3.63, 3.8) is 0 Å². The second-order valence-corrected chi connectivity index (χ2v) is 10.7. The van der Waals surface area contributed by atoms with Crippen molar-refractivity contribution in [1.29, 1.82) is 0 Å². The Bertz CT molecular complexity index is 1160. The number of hydrogen-bond acceptors (Lipinski definition) is 7. The number of fused-ring (bicyclic) bond motifs is 1. The van der Waals surface area contributed by atoms with E-state index < -0.39 is 35.5 Å². The summed E-state index contributed by atoms with van der Waals surface area (Å²) in [6.07, 6.45) is 3.15. The second-order valence-electron chi connectivity index (χ2n) is 9.65. The predicted octanol–water partition coefficient (Wildman–Crippen LogP) is 2.83. The summed E-state index contributed by atoms with van der Waals surface area (Å²) in [5.41, 5.74) is 5.87. The third kappa shape index (κ3) is 6.04. The SMILES string of the molecule is CC1CCC(O)(C(CC(O)C(Cc2cccs2)NC(=O)c2cnc3ccccc3n2)C(N)=O)CC1. The number of primary amides is 1. The van der Waals surface area contributed by atoms with Gasteiger partial charge in [-0.15, -0.1) is 11.3 Å². The summed E-state index contributed by atoms with van der Waals surface area (Å²) in [7, 11) is 0. The number of rotatable bonds is 9. The number of aliphatic hydroxyl groups excluding tert-OH is 1. The van der Waals surface area contributed by atoms with Crippen LogP contribution in [0.25, 0.3) is 11.0 Å². The Morgan fingerprint density at radius 2 is 1.91 bits per heavy atom. The van der Waals surface area contributed by atoms with Crippen molar-refractivity contribution in [3.05, 3.63) is 58.5 Å². The Morgan fingerprint density at radius 3 is 2.57 bits per heavy atom. The standard InChI is InChI=1S/C26H32N4O4S/c1-16-8-10-26(34,11-9-16)18(24(27)32)14-23(31)21(13-17-5-4-12-35-17)30-25(33)22-15-28-19-6-2-3-7-20(19)29-22/h2-7,12,15-16,18,21,23,31,34H,8-11,13-14H2,1H3,(H2,27,32)(H,30,33). The second kappa shape index (κ2) is 10.8. The third-order valence-corrected chi connectivity index (χ3v) is 7.97. The van der Waals surface area contributed by atoms with Gasteiger partial charge < -0.3 is 21.3 Å². The van der Waals surface area contributed by atoms with E-state index in [2.05, 4.69) is 22.2 Å². The van der Waals surface area contributed by atoms with Crippen LogP contribution in [0.15, 0.2) is 48.0 Å². The molecule has 8 nitrogen and oxygen atoms in total. The Morgan fingerprint density at radius 1 is 1.20 bits per heavy atom.